The number of nitrogens with zero attached hydrogens (tertiary/aromatic N) is 6. The number of anilines is 2. The number of piperidine rings is 1. The summed E-state index contributed by atoms with van der Waals surface area (Å²) in [5.41, 5.74) is 3.18. The summed E-state index contributed by atoms with van der Waals surface area (Å²) < 4.78 is 1.61. The number of carbonyl (C=O) groups excluding carboxylic acids is 1. The molecule has 144 valence electrons. The Bertz CT molecular complexity index is 962. The standard InChI is InChI=1S/C20H23N7O/c1-14-3-4-17(15(2)9-14)25-20(28)16-5-7-26(8-6-16)18-10-19(23-12-22-18)27-13-21-11-24-27/h3-4,9-13,16H,5-8H2,1-2H3,(H,25,28). The zero-order chi connectivity index (χ0) is 19.5. The van der Waals surface area contributed by atoms with Crippen LogP contribution in [0.1, 0.15) is 24.0 Å². The van der Waals surface area contributed by atoms with Gasteiger partial charge in [-0.15, -0.1) is 0 Å². The number of hydrogen-bond acceptors (Lipinski definition) is 6. The maximum Gasteiger partial charge on any atom is 0.227 e. The molecule has 0 radical (unpaired) electrons. The second-order valence-corrected chi connectivity index (χ2v) is 7.14. The van der Waals surface area contributed by atoms with E-state index in [1.54, 1.807) is 11.0 Å². The summed E-state index contributed by atoms with van der Waals surface area (Å²) in [7, 11) is 0. The van der Waals surface area contributed by atoms with Gasteiger partial charge in [0.15, 0.2) is 5.82 Å². The van der Waals surface area contributed by atoms with Gasteiger partial charge >= 0.3 is 0 Å². The molecule has 1 amide bonds. The van der Waals surface area contributed by atoms with Gasteiger partial charge in [0, 0.05) is 30.8 Å². The zero-order valence-electron chi connectivity index (χ0n) is 16.0. The lowest BCUT2D eigenvalue weighted by molar-refractivity contribution is -0.120. The van der Waals surface area contributed by atoms with Crippen LogP contribution < -0.4 is 10.2 Å². The quantitative estimate of drug-likeness (QED) is 0.752. The van der Waals surface area contributed by atoms with Gasteiger partial charge in [0.25, 0.3) is 0 Å². The summed E-state index contributed by atoms with van der Waals surface area (Å²) in [5.74, 6) is 1.62. The fourth-order valence-electron chi connectivity index (χ4n) is 3.52. The first-order valence-electron chi connectivity index (χ1n) is 9.40. The Balaban J connectivity index is 1.38. The maximum absolute atomic E-state index is 12.7. The minimum absolute atomic E-state index is 0.00794. The minimum Gasteiger partial charge on any atom is -0.356 e. The molecule has 1 N–H and O–H groups in total. The summed E-state index contributed by atoms with van der Waals surface area (Å²) in [5, 5.41) is 7.19. The lowest BCUT2D eigenvalue weighted by Crippen LogP contribution is -2.38. The SMILES string of the molecule is Cc1ccc(NC(=O)C2CCN(c3cc(-n4cncn4)ncn3)CC2)c(C)c1. The monoisotopic (exact) mass is 377 g/mol. The van der Waals surface area contributed by atoms with Crippen molar-refractivity contribution in [3.05, 3.63) is 54.4 Å². The van der Waals surface area contributed by atoms with Crippen LogP contribution >= 0.6 is 0 Å². The Hall–Kier alpha value is -3.29. The highest BCUT2D eigenvalue weighted by atomic mass is 16.1. The molecule has 8 nitrogen and oxygen atoms in total. The van der Waals surface area contributed by atoms with Gasteiger partial charge < -0.3 is 10.2 Å². The van der Waals surface area contributed by atoms with Crippen LogP contribution in [-0.4, -0.2) is 43.7 Å². The molecule has 0 bridgehead atoms. The molecule has 0 saturated carbocycles. The number of amides is 1. The molecule has 0 aliphatic carbocycles. The van der Waals surface area contributed by atoms with Crippen molar-refractivity contribution in [3.8, 4) is 5.82 Å². The summed E-state index contributed by atoms with van der Waals surface area (Å²) >= 11 is 0. The van der Waals surface area contributed by atoms with Gasteiger partial charge in [-0.1, -0.05) is 17.7 Å². The predicted molar refractivity (Wildman–Crippen MR) is 106 cm³/mol. The Morgan fingerprint density at radius 3 is 2.57 bits per heavy atom. The topological polar surface area (TPSA) is 88.8 Å². The molecule has 0 unspecified atom stereocenters. The molecule has 1 aromatic carbocycles. The van der Waals surface area contributed by atoms with Crippen LogP contribution in [0.2, 0.25) is 0 Å². The van der Waals surface area contributed by atoms with Gasteiger partial charge in [0.05, 0.1) is 0 Å². The van der Waals surface area contributed by atoms with E-state index in [2.05, 4.69) is 43.3 Å². The Kier molecular flexibility index (Phi) is 5.01. The highest BCUT2D eigenvalue weighted by molar-refractivity contribution is 5.93. The van der Waals surface area contributed by atoms with Crippen molar-refractivity contribution in [3.63, 3.8) is 0 Å². The van der Waals surface area contributed by atoms with E-state index in [0.717, 1.165) is 43.0 Å². The van der Waals surface area contributed by atoms with Crippen LogP contribution in [0.25, 0.3) is 5.82 Å². The smallest absolute Gasteiger partial charge is 0.227 e. The van der Waals surface area contributed by atoms with E-state index in [9.17, 15) is 4.79 Å². The summed E-state index contributed by atoms with van der Waals surface area (Å²) in [6.45, 7) is 5.63. The van der Waals surface area contributed by atoms with Crippen LogP contribution in [0, 0.1) is 19.8 Å². The molecule has 2 aromatic heterocycles. The highest BCUT2D eigenvalue weighted by Crippen LogP contribution is 2.24. The fraction of sp³-hybridized carbons (Fsp3) is 0.350. The van der Waals surface area contributed by atoms with Crippen molar-refractivity contribution in [2.75, 3.05) is 23.3 Å². The molecule has 4 rings (SSSR count). The first-order chi connectivity index (χ1) is 13.6. The Morgan fingerprint density at radius 1 is 1.07 bits per heavy atom. The first-order valence-corrected chi connectivity index (χ1v) is 9.40. The lowest BCUT2D eigenvalue weighted by atomic mass is 9.95. The third kappa shape index (κ3) is 3.85. The Morgan fingerprint density at radius 2 is 1.86 bits per heavy atom. The number of benzene rings is 1. The van der Waals surface area contributed by atoms with Crippen LogP contribution in [0.3, 0.4) is 0 Å². The number of nitrogens with one attached hydrogen (secondary N) is 1. The van der Waals surface area contributed by atoms with Crippen molar-refractivity contribution in [1.82, 2.24) is 24.7 Å². The second-order valence-electron chi connectivity index (χ2n) is 7.14. The van der Waals surface area contributed by atoms with Crippen LogP contribution in [0.5, 0.6) is 0 Å². The number of rotatable bonds is 4. The first kappa shape index (κ1) is 18.1. The average molecular weight is 377 g/mol. The van der Waals surface area contributed by atoms with E-state index in [0.29, 0.717) is 5.82 Å². The number of aromatic nitrogens is 5. The van der Waals surface area contributed by atoms with E-state index in [-0.39, 0.29) is 11.8 Å². The predicted octanol–water partition coefficient (Wildman–Crippen LogP) is 2.53. The molecule has 0 spiro atoms. The molecule has 1 fully saturated rings. The van der Waals surface area contributed by atoms with Crippen LogP contribution in [-0.2, 0) is 4.79 Å². The maximum atomic E-state index is 12.7. The van der Waals surface area contributed by atoms with Gasteiger partial charge in [-0.3, -0.25) is 4.79 Å². The van der Waals surface area contributed by atoms with E-state index in [4.69, 9.17) is 0 Å². The molecule has 3 heterocycles. The molecule has 1 aliphatic rings. The minimum atomic E-state index is 0.00794. The fourth-order valence-corrected chi connectivity index (χ4v) is 3.52. The second kappa shape index (κ2) is 7.75. The summed E-state index contributed by atoms with van der Waals surface area (Å²) in [6.07, 6.45) is 6.20. The zero-order valence-corrected chi connectivity index (χ0v) is 16.0. The van der Waals surface area contributed by atoms with E-state index in [1.165, 1.54) is 18.2 Å². The molecule has 0 atom stereocenters. The molecule has 8 heteroatoms. The molecule has 28 heavy (non-hydrogen) atoms. The van der Waals surface area contributed by atoms with Crippen molar-refractivity contribution >= 4 is 17.4 Å². The number of hydrogen-bond donors (Lipinski definition) is 1. The van der Waals surface area contributed by atoms with Crippen LogP contribution in [0.15, 0.2) is 43.2 Å². The Labute approximate surface area is 163 Å². The van der Waals surface area contributed by atoms with Crippen molar-refractivity contribution in [2.45, 2.75) is 26.7 Å². The molecule has 1 saturated heterocycles. The number of carbonyl (C=O) groups is 1. The van der Waals surface area contributed by atoms with E-state index >= 15 is 0 Å². The van der Waals surface area contributed by atoms with Crippen molar-refractivity contribution < 1.29 is 4.79 Å². The summed E-state index contributed by atoms with van der Waals surface area (Å²) in [4.78, 5) is 27.4. The van der Waals surface area contributed by atoms with Gasteiger partial charge in [-0.25, -0.2) is 19.6 Å². The van der Waals surface area contributed by atoms with Crippen molar-refractivity contribution in [2.24, 2.45) is 5.92 Å². The van der Waals surface area contributed by atoms with Crippen molar-refractivity contribution in [1.29, 1.82) is 0 Å². The third-order valence-electron chi connectivity index (χ3n) is 5.12. The molecular formula is C20H23N7O. The van der Waals surface area contributed by atoms with Gasteiger partial charge in [-0.2, -0.15) is 5.10 Å². The molecular weight excluding hydrogens is 354 g/mol. The summed E-state index contributed by atoms with van der Waals surface area (Å²) in [6, 6.07) is 7.97. The molecule has 1 aliphatic heterocycles. The molecule has 3 aromatic rings. The largest absolute Gasteiger partial charge is 0.356 e. The average Bonchev–Trinajstić information content (AvgIpc) is 3.25. The lowest BCUT2D eigenvalue weighted by Gasteiger charge is -2.32. The van der Waals surface area contributed by atoms with E-state index < -0.39 is 0 Å². The van der Waals surface area contributed by atoms with E-state index in [1.807, 2.05) is 25.1 Å². The van der Waals surface area contributed by atoms with Gasteiger partial charge in [-0.05, 0) is 38.3 Å². The van der Waals surface area contributed by atoms with Gasteiger partial charge in [0.1, 0.15) is 24.8 Å². The van der Waals surface area contributed by atoms with Crippen LogP contribution in [0.4, 0.5) is 11.5 Å². The third-order valence-corrected chi connectivity index (χ3v) is 5.12. The van der Waals surface area contributed by atoms with Gasteiger partial charge in [0.2, 0.25) is 5.91 Å². The number of aryl methyl sites for hydroxylation is 2. The highest BCUT2D eigenvalue weighted by Gasteiger charge is 2.26. The normalized spacial score (nSPS) is 14.9.